The fourth-order valence-electron chi connectivity index (χ4n) is 10.3. The molecule has 5 atom stereocenters. The molecule has 0 radical (unpaired) electrons. The van der Waals surface area contributed by atoms with E-state index < -0.39 is 23.3 Å². The number of benzene rings is 2. The Morgan fingerprint density at radius 2 is 1.60 bits per heavy atom. The van der Waals surface area contributed by atoms with Gasteiger partial charge in [-0.25, -0.2) is 0 Å². The first-order chi connectivity index (χ1) is 21.0. The number of furan rings is 1. The Balaban J connectivity index is 1.17. The first-order valence-corrected chi connectivity index (χ1v) is 15.8. The monoisotopic (exact) mass is 619 g/mol. The van der Waals surface area contributed by atoms with Crippen LogP contribution in [0.3, 0.4) is 0 Å². The number of carboxylic acids is 1. The second-order valence-electron chi connectivity index (χ2n) is 15.9. The van der Waals surface area contributed by atoms with Gasteiger partial charge in [-0.05, 0) is 108 Å². The van der Waals surface area contributed by atoms with E-state index in [1.54, 1.807) is 18.7 Å². The summed E-state index contributed by atoms with van der Waals surface area (Å²) in [7, 11) is 0. The summed E-state index contributed by atoms with van der Waals surface area (Å²) in [5.41, 5.74) is 2.91. The van der Waals surface area contributed by atoms with Crippen molar-refractivity contribution in [2.24, 2.45) is 27.6 Å². The van der Waals surface area contributed by atoms with E-state index in [0.717, 1.165) is 48.4 Å². The molecule has 1 N–H and O–H groups in total. The molecular weight excluding hydrogens is 579 g/mol. The number of hydrogen-bond donors (Lipinski definition) is 1. The van der Waals surface area contributed by atoms with Crippen molar-refractivity contribution in [1.29, 1.82) is 0 Å². The van der Waals surface area contributed by atoms with E-state index in [0.29, 0.717) is 5.56 Å². The van der Waals surface area contributed by atoms with Crippen LogP contribution in [-0.4, -0.2) is 21.9 Å². The van der Waals surface area contributed by atoms with Gasteiger partial charge in [0.25, 0.3) is 0 Å². The van der Waals surface area contributed by atoms with Crippen molar-refractivity contribution in [3.63, 3.8) is 0 Å². The summed E-state index contributed by atoms with van der Waals surface area (Å²) in [5, 5.41) is 9.68. The smallest absolute Gasteiger partial charge is 0.449 e. The quantitative estimate of drug-likeness (QED) is 0.274. The number of fused-ring (bicyclic) bond motifs is 2. The second kappa shape index (κ2) is 9.49. The number of alkyl halides is 3. The largest absolute Gasteiger partial charge is 0.481 e. The van der Waals surface area contributed by atoms with Gasteiger partial charge in [0.2, 0.25) is 11.7 Å². The van der Waals surface area contributed by atoms with Gasteiger partial charge in [0.05, 0.1) is 12.0 Å². The zero-order valence-corrected chi connectivity index (χ0v) is 26.3. The normalized spacial score (nSPS) is 31.5. The van der Waals surface area contributed by atoms with Crippen LogP contribution in [0, 0.1) is 27.6 Å². The van der Waals surface area contributed by atoms with Crippen molar-refractivity contribution >= 4 is 11.9 Å². The molecule has 0 saturated heterocycles. The van der Waals surface area contributed by atoms with E-state index in [1.807, 2.05) is 48.5 Å². The van der Waals surface area contributed by atoms with Gasteiger partial charge in [-0.15, -0.1) is 0 Å². The minimum atomic E-state index is -4.59. The summed E-state index contributed by atoms with van der Waals surface area (Å²) in [6, 6.07) is 17.5. The lowest BCUT2D eigenvalue weighted by molar-refractivity contribution is -0.153. The van der Waals surface area contributed by atoms with Crippen molar-refractivity contribution in [1.82, 2.24) is 4.90 Å². The number of rotatable bonds is 8. The zero-order chi connectivity index (χ0) is 32.2. The molecule has 238 valence electrons. The topological polar surface area (TPSA) is 70.8 Å². The van der Waals surface area contributed by atoms with Crippen molar-refractivity contribution in [2.45, 2.75) is 90.9 Å². The molecule has 1 heterocycles. The van der Waals surface area contributed by atoms with Crippen LogP contribution in [0.4, 0.5) is 13.2 Å². The maximum absolute atomic E-state index is 14.6. The van der Waals surface area contributed by atoms with Crippen molar-refractivity contribution in [3.8, 4) is 11.1 Å². The van der Waals surface area contributed by atoms with Gasteiger partial charge in [-0.2, -0.15) is 13.2 Å². The molecule has 4 saturated carbocycles. The Labute approximate surface area is 261 Å². The minimum absolute atomic E-state index is 0.00594. The summed E-state index contributed by atoms with van der Waals surface area (Å²) in [6.45, 7) is 8.28. The highest BCUT2D eigenvalue weighted by atomic mass is 19.4. The molecule has 3 bridgehead atoms. The van der Waals surface area contributed by atoms with E-state index in [2.05, 4.69) is 13.8 Å². The van der Waals surface area contributed by atoms with Crippen LogP contribution in [0.2, 0.25) is 0 Å². The van der Waals surface area contributed by atoms with Gasteiger partial charge in [0.1, 0.15) is 5.76 Å². The lowest BCUT2D eigenvalue weighted by Gasteiger charge is -2.48. The molecule has 4 fully saturated rings. The molecule has 2 aromatic carbocycles. The van der Waals surface area contributed by atoms with Gasteiger partial charge >= 0.3 is 12.1 Å². The number of aliphatic carboxylic acids is 1. The molecule has 5 unspecified atom stereocenters. The highest BCUT2D eigenvalue weighted by molar-refractivity contribution is 5.82. The molecule has 1 aromatic heterocycles. The lowest BCUT2D eigenvalue weighted by atomic mass is 9.56. The van der Waals surface area contributed by atoms with E-state index in [-0.39, 0.29) is 52.3 Å². The molecule has 0 aliphatic heterocycles. The summed E-state index contributed by atoms with van der Waals surface area (Å²) < 4.78 is 45.3. The van der Waals surface area contributed by atoms with Crippen molar-refractivity contribution in [3.05, 3.63) is 83.3 Å². The van der Waals surface area contributed by atoms with Crippen molar-refractivity contribution in [2.75, 3.05) is 0 Å². The Hall–Kier alpha value is -3.55. The highest BCUT2D eigenvalue weighted by Gasteiger charge is 2.83. The van der Waals surface area contributed by atoms with Crippen LogP contribution in [0.25, 0.3) is 11.1 Å². The Bertz CT molecular complexity index is 1690. The van der Waals surface area contributed by atoms with E-state index in [4.69, 9.17) is 4.42 Å². The predicted molar refractivity (Wildman–Crippen MR) is 163 cm³/mol. The number of halogens is 3. The molecule has 3 aromatic rings. The molecule has 4 aliphatic carbocycles. The summed E-state index contributed by atoms with van der Waals surface area (Å²) in [6.07, 6.45) is 1.87. The van der Waals surface area contributed by atoms with E-state index in [1.165, 1.54) is 18.9 Å². The maximum Gasteiger partial charge on any atom is 0.449 e. The van der Waals surface area contributed by atoms with Crippen LogP contribution in [0.1, 0.15) is 88.9 Å². The number of nitrogens with zero attached hydrogens (tertiary/aromatic N) is 1. The summed E-state index contributed by atoms with van der Waals surface area (Å²) >= 11 is 0. The fourth-order valence-corrected chi connectivity index (χ4v) is 10.3. The summed E-state index contributed by atoms with van der Waals surface area (Å²) in [4.78, 5) is 28.1. The molecule has 4 aliphatic rings. The first-order valence-electron chi connectivity index (χ1n) is 15.8. The van der Waals surface area contributed by atoms with E-state index in [9.17, 15) is 27.9 Å². The van der Waals surface area contributed by atoms with Crippen LogP contribution < -0.4 is 0 Å². The van der Waals surface area contributed by atoms with Crippen LogP contribution >= 0.6 is 0 Å². The zero-order valence-electron chi connectivity index (χ0n) is 26.3. The number of carbonyl (C=O) groups is 2. The van der Waals surface area contributed by atoms with Gasteiger partial charge < -0.3 is 14.4 Å². The summed E-state index contributed by atoms with van der Waals surface area (Å²) in [5.74, 6) is -1.96. The SMILES string of the molecule is CC12CC(C(=O)N(Cc3ccc(-c4cccc(C(C)(C)C(=O)O)c4)cc3)Cc3ccc(C(F)(F)F)o3)C34CC(C)(C1)CC3(C2)C4. The molecule has 8 heteroatoms. The predicted octanol–water partition coefficient (Wildman–Crippen LogP) is 8.85. The average molecular weight is 620 g/mol. The van der Waals surface area contributed by atoms with E-state index >= 15 is 0 Å². The molecule has 1 spiro atoms. The van der Waals surface area contributed by atoms with Gasteiger partial charge in [-0.3, -0.25) is 9.59 Å². The molecule has 1 amide bonds. The number of amides is 1. The van der Waals surface area contributed by atoms with Gasteiger partial charge in [0, 0.05) is 12.5 Å². The average Bonchev–Trinajstić information content (AvgIpc) is 3.23. The van der Waals surface area contributed by atoms with Gasteiger partial charge in [0.15, 0.2) is 0 Å². The standard InChI is InChI=1S/C37H40F3NO4/c1-32(2,31(43)44)26-7-5-6-25(14-26)24-10-8-23(9-11-24)16-41(17-27-12-13-29(45-27)37(38,39)40)30(42)28-15-33(3)18-34(4)20-35(19-33)22-36(28,35)21-34/h5-14,28H,15-22H2,1-4H3,(H,43,44). The Kier molecular flexibility index (Phi) is 6.35. The fraction of sp³-hybridized carbons (Fsp3) is 0.514. The van der Waals surface area contributed by atoms with Gasteiger partial charge in [-0.1, -0.05) is 62.4 Å². The molecular formula is C37H40F3NO4. The third-order valence-electron chi connectivity index (χ3n) is 11.8. The first kappa shape index (κ1) is 30.1. The second-order valence-corrected chi connectivity index (χ2v) is 15.9. The third-order valence-corrected chi connectivity index (χ3v) is 11.8. The van der Waals surface area contributed by atoms with Crippen LogP contribution in [0.15, 0.2) is 65.1 Å². The minimum Gasteiger partial charge on any atom is -0.481 e. The van der Waals surface area contributed by atoms with Crippen LogP contribution in [0.5, 0.6) is 0 Å². The number of hydrogen-bond acceptors (Lipinski definition) is 3. The third kappa shape index (κ3) is 4.81. The Morgan fingerprint density at radius 1 is 0.889 bits per heavy atom. The molecule has 45 heavy (non-hydrogen) atoms. The Morgan fingerprint density at radius 3 is 2.27 bits per heavy atom. The maximum atomic E-state index is 14.6. The molecule has 7 rings (SSSR count). The lowest BCUT2D eigenvalue weighted by Crippen LogP contribution is -2.45. The number of carbonyl (C=O) groups excluding carboxylic acids is 1. The van der Waals surface area contributed by atoms with Crippen molar-refractivity contribution < 1.29 is 32.3 Å². The molecule has 5 nitrogen and oxygen atoms in total. The number of carboxylic acid groups (broad SMARTS) is 1. The highest BCUT2D eigenvalue weighted by Crippen LogP contribution is 2.90. The van der Waals surface area contributed by atoms with Crippen LogP contribution in [-0.2, 0) is 34.3 Å².